The summed E-state index contributed by atoms with van der Waals surface area (Å²) in [7, 11) is 0. The van der Waals surface area contributed by atoms with Gasteiger partial charge in [0.05, 0.1) is 17.7 Å². The number of carboxylic acid groups (broad SMARTS) is 1. The molecular formula is C15H17ClO4. The van der Waals surface area contributed by atoms with E-state index in [4.69, 9.17) is 26.2 Å². The van der Waals surface area contributed by atoms with Gasteiger partial charge in [0, 0.05) is 19.1 Å². The van der Waals surface area contributed by atoms with E-state index in [0.29, 0.717) is 23.5 Å². The Morgan fingerprint density at radius 3 is 3.05 bits per heavy atom. The van der Waals surface area contributed by atoms with Crippen molar-refractivity contribution >= 4 is 23.6 Å². The van der Waals surface area contributed by atoms with Gasteiger partial charge in [-0.1, -0.05) is 17.7 Å². The van der Waals surface area contributed by atoms with E-state index in [2.05, 4.69) is 0 Å². The summed E-state index contributed by atoms with van der Waals surface area (Å²) in [5, 5.41) is 9.04. The van der Waals surface area contributed by atoms with Crippen molar-refractivity contribution in [3.63, 3.8) is 0 Å². The number of hydrogen-bond acceptors (Lipinski definition) is 3. The molecule has 1 aromatic carbocycles. The van der Waals surface area contributed by atoms with Gasteiger partial charge >= 0.3 is 5.97 Å². The molecular weight excluding hydrogens is 280 g/mol. The van der Waals surface area contributed by atoms with E-state index < -0.39 is 5.97 Å². The molecule has 2 rings (SSSR count). The fourth-order valence-corrected chi connectivity index (χ4v) is 2.32. The highest BCUT2D eigenvalue weighted by molar-refractivity contribution is 6.32. The number of carboxylic acids is 1. The van der Waals surface area contributed by atoms with Crippen LogP contribution in [0.25, 0.3) is 6.08 Å². The summed E-state index contributed by atoms with van der Waals surface area (Å²) in [6, 6.07) is 5.20. The van der Waals surface area contributed by atoms with Crippen molar-refractivity contribution in [1.82, 2.24) is 0 Å². The summed E-state index contributed by atoms with van der Waals surface area (Å²) in [4.78, 5) is 10.4. The van der Waals surface area contributed by atoms with Crippen LogP contribution in [-0.4, -0.2) is 30.4 Å². The monoisotopic (exact) mass is 296 g/mol. The van der Waals surface area contributed by atoms with Crippen LogP contribution in [-0.2, 0) is 9.53 Å². The van der Waals surface area contributed by atoms with Crippen molar-refractivity contribution in [2.45, 2.75) is 25.4 Å². The highest BCUT2D eigenvalue weighted by atomic mass is 35.5. The Labute approximate surface area is 123 Å². The fourth-order valence-electron chi connectivity index (χ4n) is 2.08. The second kappa shape index (κ2) is 7.31. The van der Waals surface area contributed by atoms with Gasteiger partial charge in [0.1, 0.15) is 5.75 Å². The standard InChI is InChI=1S/C15H17ClO4/c16-13-10-11(4-6-15(17)18)3-5-14(13)20-9-7-12-2-1-8-19-12/h3-6,10,12H,1-2,7-9H2,(H,17,18). The first kappa shape index (κ1) is 14.9. The maximum absolute atomic E-state index is 10.4. The van der Waals surface area contributed by atoms with E-state index in [1.807, 2.05) is 0 Å². The number of ether oxygens (including phenoxy) is 2. The molecule has 108 valence electrons. The lowest BCUT2D eigenvalue weighted by molar-refractivity contribution is -0.131. The molecule has 0 radical (unpaired) electrons. The molecule has 0 aliphatic carbocycles. The Hall–Kier alpha value is -1.52. The summed E-state index contributed by atoms with van der Waals surface area (Å²) in [6.07, 6.45) is 5.93. The van der Waals surface area contributed by atoms with Crippen LogP contribution in [0.15, 0.2) is 24.3 Å². The predicted octanol–water partition coefficient (Wildman–Crippen LogP) is 3.39. The zero-order chi connectivity index (χ0) is 14.4. The molecule has 0 saturated carbocycles. The molecule has 1 N–H and O–H groups in total. The molecule has 1 saturated heterocycles. The molecule has 0 aromatic heterocycles. The third-order valence-corrected chi connectivity index (χ3v) is 3.39. The lowest BCUT2D eigenvalue weighted by atomic mass is 10.2. The zero-order valence-electron chi connectivity index (χ0n) is 11.0. The van der Waals surface area contributed by atoms with Crippen LogP contribution in [0.3, 0.4) is 0 Å². The highest BCUT2D eigenvalue weighted by Gasteiger charge is 2.15. The highest BCUT2D eigenvalue weighted by Crippen LogP contribution is 2.26. The first-order valence-corrected chi connectivity index (χ1v) is 6.98. The van der Waals surface area contributed by atoms with E-state index >= 15 is 0 Å². The number of benzene rings is 1. The molecule has 0 amide bonds. The smallest absolute Gasteiger partial charge is 0.328 e. The number of hydrogen-bond donors (Lipinski definition) is 1. The van der Waals surface area contributed by atoms with Crippen LogP contribution in [0.5, 0.6) is 5.75 Å². The molecule has 0 spiro atoms. The van der Waals surface area contributed by atoms with Crippen molar-refractivity contribution < 1.29 is 19.4 Å². The molecule has 20 heavy (non-hydrogen) atoms. The lowest BCUT2D eigenvalue weighted by Crippen LogP contribution is -2.10. The van der Waals surface area contributed by atoms with E-state index in [1.54, 1.807) is 18.2 Å². The molecule has 1 fully saturated rings. The first-order valence-electron chi connectivity index (χ1n) is 6.60. The quantitative estimate of drug-likeness (QED) is 0.818. The van der Waals surface area contributed by atoms with Crippen LogP contribution < -0.4 is 4.74 Å². The maximum atomic E-state index is 10.4. The molecule has 1 aromatic rings. The van der Waals surface area contributed by atoms with Gasteiger partial charge in [0.15, 0.2) is 0 Å². The Kier molecular flexibility index (Phi) is 5.44. The van der Waals surface area contributed by atoms with Gasteiger partial charge in [0.25, 0.3) is 0 Å². The predicted molar refractivity (Wildman–Crippen MR) is 77.2 cm³/mol. The second-order valence-electron chi connectivity index (χ2n) is 4.63. The molecule has 4 nitrogen and oxygen atoms in total. The number of aliphatic carboxylic acids is 1. The van der Waals surface area contributed by atoms with E-state index in [9.17, 15) is 4.79 Å². The van der Waals surface area contributed by atoms with Crippen LogP contribution in [0.1, 0.15) is 24.8 Å². The minimum absolute atomic E-state index is 0.298. The summed E-state index contributed by atoms with van der Waals surface area (Å²) in [5.74, 6) is -0.379. The van der Waals surface area contributed by atoms with Crippen molar-refractivity contribution in [3.8, 4) is 5.75 Å². The van der Waals surface area contributed by atoms with Gasteiger partial charge in [-0.05, 0) is 36.6 Å². The SMILES string of the molecule is O=C(O)C=Cc1ccc(OCCC2CCCO2)c(Cl)c1. The van der Waals surface area contributed by atoms with Crippen LogP contribution >= 0.6 is 11.6 Å². The van der Waals surface area contributed by atoms with Gasteiger partial charge in [-0.25, -0.2) is 4.79 Å². The molecule has 1 unspecified atom stereocenters. The summed E-state index contributed by atoms with van der Waals surface area (Å²) >= 11 is 6.10. The van der Waals surface area contributed by atoms with Gasteiger partial charge < -0.3 is 14.6 Å². The van der Waals surface area contributed by atoms with Gasteiger partial charge in [-0.3, -0.25) is 0 Å². The van der Waals surface area contributed by atoms with E-state index in [-0.39, 0.29) is 0 Å². The Balaban J connectivity index is 1.86. The zero-order valence-corrected chi connectivity index (χ0v) is 11.8. The van der Waals surface area contributed by atoms with Crippen molar-refractivity contribution in [2.75, 3.05) is 13.2 Å². The minimum Gasteiger partial charge on any atom is -0.492 e. The average molecular weight is 297 g/mol. The summed E-state index contributed by atoms with van der Waals surface area (Å²) in [5.41, 5.74) is 0.726. The second-order valence-corrected chi connectivity index (χ2v) is 5.04. The first-order chi connectivity index (χ1) is 9.65. The van der Waals surface area contributed by atoms with Gasteiger partial charge in [-0.2, -0.15) is 0 Å². The summed E-state index contributed by atoms with van der Waals surface area (Å²) < 4.78 is 11.1. The molecule has 5 heteroatoms. The normalized spacial score (nSPS) is 18.6. The average Bonchev–Trinajstić information content (AvgIpc) is 2.92. The number of carbonyl (C=O) groups is 1. The van der Waals surface area contributed by atoms with Crippen molar-refractivity contribution in [2.24, 2.45) is 0 Å². The number of halogens is 1. The van der Waals surface area contributed by atoms with E-state index in [1.165, 1.54) is 6.08 Å². The third kappa shape index (κ3) is 4.54. The van der Waals surface area contributed by atoms with Gasteiger partial charge in [-0.15, -0.1) is 0 Å². The van der Waals surface area contributed by atoms with Crippen LogP contribution in [0.2, 0.25) is 5.02 Å². The Morgan fingerprint density at radius 1 is 1.55 bits per heavy atom. The van der Waals surface area contributed by atoms with Crippen molar-refractivity contribution in [1.29, 1.82) is 0 Å². The largest absolute Gasteiger partial charge is 0.492 e. The summed E-state index contributed by atoms with van der Waals surface area (Å²) in [6.45, 7) is 1.41. The van der Waals surface area contributed by atoms with Gasteiger partial charge in [0.2, 0.25) is 0 Å². The number of rotatable bonds is 6. The minimum atomic E-state index is -0.988. The Morgan fingerprint density at radius 2 is 2.40 bits per heavy atom. The van der Waals surface area contributed by atoms with Crippen LogP contribution in [0.4, 0.5) is 0 Å². The molecule has 1 atom stereocenters. The molecule has 0 bridgehead atoms. The topological polar surface area (TPSA) is 55.8 Å². The van der Waals surface area contributed by atoms with Crippen LogP contribution in [0, 0.1) is 0 Å². The molecule has 1 heterocycles. The lowest BCUT2D eigenvalue weighted by Gasteiger charge is -2.11. The molecule has 1 aliphatic heterocycles. The van der Waals surface area contributed by atoms with E-state index in [0.717, 1.165) is 37.5 Å². The van der Waals surface area contributed by atoms with Crippen molar-refractivity contribution in [3.05, 3.63) is 34.9 Å². The maximum Gasteiger partial charge on any atom is 0.328 e. The fraction of sp³-hybridized carbons (Fsp3) is 0.400. The third-order valence-electron chi connectivity index (χ3n) is 3.10. The Bertz CT molecular complexity index is 493. The molecule has 1 aliphatic rings.